The van der Waals surface area contributed by atoms with Crippen molar-refractivity contribution in [3.05, 3.63) is 59.9 Å². The number of para-hydroxylation sites is 1. The molecule has 0 fully saturated rings. The molecule has 158 valence electrons. The van der Waals surface area contributed by atoms with E-state index in [2.05, 4.69) is 29.3 Å². The van der Waals surface area contributed by atoms with E-state index in [0.717, 1.165) is 36.2 Å². The van der Waals surface area contributed by atoms with Crippen LogP contribution in [0.15, 0.2) is 48.5 Å². The van der Waals surface area contributed by atoms with Gasteiger partial charge in [-0.2, -0.15) is 0 Å². The summed E-state index contributed by atoms with van der Waals surface area (Å²) in [7, 11) is 7.47. The maximum absolute atomic E-state index is 12.8. The van der Waals surface area contributed by atoms with E-state index < -0.39 is 0 Å². The number of methoxy groups -OCH3 is 1. The number of rotatable bonds is 9. The predicted octanol–water partition coefficient (Wildman–Crippen LogP) is 3.27. The van der Waals surface area contributed by atoms with Crippen molar-refractivity contribution in [3.8, 4) is 5.75 Å². The summed E-state index contributed by atoms with van der Waals surface area (Å²) in [5, 5.41) is 4.41. The van der Waals surface area contributed by atoms with Crippen LogP contribution >= 0.6 is 0 Å². The van der Waals surface area contributed by atoms with Crippen LogP contribution in [0.25, 0.3) is 10.9 Å². The summed E-state index contributed by atoms with van der Waals surface area (Å²) in [6, 6.07) is 15.1. The van der Waals surface area contributed by atoms with Crippen LogP contribution < -0.4 is 10.1 Å². The molecular weight excluding hydrogens is 378 g/mol. The molecule has 1 heterocycles. The lowest BCUT2D eigenvalue weighted by molar-refractivity contribution is 0.0781. The molecule has 7 nitrogen and oxygen atoms in total. The highest BCUT2D eigenvalue weighted by Gasteiger charge is 2.15. The first-order chi connectivity index (χ1) is 14.5. The summed E-state index contributed by atoms with van der Waals surface area (Å²) in [6.45, 7) is 2.13. The summed E-state index contributed by atoms with van der Waals surface area (Å²) in [6.07, 6.45) is 1.01. The Balaban J connectivity index is 1.78. The Morgan fingerprint density at radius 1 is 1.07 bits per heavy atom. The van der Waals surface area contributed by atoms with E-state index >= 15 is 0 Å². The maximum atomic E-state index is 12.8. The summed E-state index contributed by atoms with van der Waals surface area (Å²) >= 11 is 0. The summed E-state index contributed by atoms with van der Waals surface area (Å²) < 4.78 is 5.22. The minimum atomic E-state index is -0.105. The third-order valence-corrected chi connectivity index (χ3v) is 4.77. The molecule has 30 heavy (non-hydrogen) atoms. The lowest BCUT2D eigenvalue weighted by atomic mass is 10.2. The predicted molar refractivity (Wildman–Crippen MR) is 120 cm³/mol. The van der Waals surface area contributed by atoms with Crippen LogP contribution in [0.3, 0.4) is 0 Å². The zero-order valence-electron chi connectivity index (χ0n) is 18.1. The van der Waals surface area contributed by atoms with Crippen LogP contribution in [-0.2, 0) is 6.54 Å². The van der Waals surface area contributed by atoms with Crippen molar-refractivity contribution in [1.82, 2.24) is 19.8 Å². The number of hydrogen-bond acceptors (Lipinski definition) is 6. The van der Waals surface area contributed by atoms with Crippen molar-refractivity contribution in [1.29, 1.82) is 0 Å². The Morgan fingerprint density at radius 3 is 2.63 bits per heavy atom. The van der Waals surface area contributed by atoms with E-state index in [1.54, 1.807) is 31.2 Å². The summed E-state index contributed by atoms with van der Waals surface area (Å²) in [5.74, 6) is 1.95. The van der Waals surface area contributed by atoms with E-state index in [1.807, 2.05) is 36.4 Å². The molecule has 3 rings (SSSR count). The highest BCUT2D eigenvalue weighted by atomic mass is 16.5. The Bertz CT molecular complexity index is 1010. The minimum Gasteiger partial charge on any atom is -0.497 e. The molecule has 1 amide bonds. The zero-order chi connectivity index (χ0) is 21.5. The fourth-order valence-corrected chi connectivity index (χ4v) is 3.19. The molecule has 0 aliphatic heterocycles. The van der Waals surface area contributed by atoms with Gasteiger partial charge in [0, 0.05) is 24.5 Å². The summed E-state index contributed by atoms with van der Waals surface area (Å²) in [4.78, 5) is 26.0. The number of ether oxygens (including phenoxy) is 1. The number of nitrogens with one attached hydrogen (secondary N) is 1. The van der Waals surface area contributed by atoms with Gasteiger partial charge in [0.05, 0.1) is 19.2 Å². The summed E-state index contributed by atoms with van der Waals surface area (Å²) in [5.41, 5.74) is 1.43. The van der Waals surface area contributed by atoms with Gasteiger partial charge in [0.15, 0.2) is 5.82 Å². The molecule has 1 N–H and O–H groups in total. The van der Waals surface area contributed by atoms with Gasteiger partial charge < -0.3 is 19.9 Å². The molecule has 0 radical (unpaired) electrons. The Morgan fingerprint density at radius 2 is 1.87 bits per heavy atom. The normalized spacial score (nSPS) is 11.0. The van der Waals surface area contributed by atoms with Crippen molar-refractivity contribution < 1.29 is 9.53 Å². The van der Waals surface area contributed by atoms with Gasteiger partial charge in [-0.1, -0.05) is 18.2 Å². The van der Waals surface area contributed by atoms with Crippen LogP contribution in [0.2, 0.25) is 0 Å². The number of hydrogen-bond donors (Lipinski definition) is 1. The molecule has 0 spiro atoms. The third kappa shape index (κ3) is 5.45. The smallest absolute Gasteiger partial charge is 0.254 e. The van der Waals surface area contributed by atoms with Gasteiger partial charge in [-0.25, -0.2) is 9.97 Å². The first kappa shape index (κ1) is 21.5. The fraction of sp³-hybridized carbons (Fsp3) is 0.348. The number of benzene rings is 2. The van der Waals surface area contributed by atoms with Gasteiger partial charge in [0.25, 0.3) is 5.91 Å². The minimum absolute atomic E-state index is 0.105. The van der Waals surface area contributed by atoms with Crippen LogP contribution in [-0.4, -0.2) is 67.0 Å². The number of carbonyl (C=O) groups is 1. The lowest BCUT2D eigenvalue weighted by Gasteiger charge is -2.18. The van der Waals surface area contributed by atoms with Crippen LogP contribution in [0, 0.1) is 0 Å². The molecule has 0 saturated carbocycles. The maximum Gasteiger partial charge on any atom is 0.254 e. The van der Waals surface area contributed by atoms with Gasteiger partial charge in [0.2, 0.25) is 0 Å². The molecule has 0 bridgehead atoms. The molecule has 0 atom stereocenters. The molecule has 2 aromatic carbocycles. The SMILES string of the molecule is COc1cccc(C(=O)N(C)Cc2nc(NCCCN(C)C)c3ccccc3n2)c1. The zero-order valence-corrected chi connectivity index (χ0v) is 18.1. The van der Waals surface area contributed by atoms with Crippen molar-refractivity contribution in [2.75, 3.05) is 46.7 Å². The standard InChI is InChI=1S/C23H29N5O2/c1-27(2)14-8-13-24-22-19-11-5-6-12-20(19)25-21(26-22)16-28(3)23(29)17-9-7-10-18(15-17)30-4/h5-7,9-12,15H,8,13-14,16H2,1-4H3,(H,24,25,26). The third-order valence-electron chi connectivity index (χ3n) is 4.77. The highest BCUT2D eigenvalue weighted by Crippen LogP contribution is 2.21. The fourth-order valence-electron chi connectivity index (χ4n) is 3.19. The van der Waals surface area contributed by atoms with Crippen molar-refractivity contribution in [3.63, 3.8) is 0 Å². The van der Waals surface area contributed by atoms with Gasteiger partial charge >= 0.3 is 0 Å². The first-order valence-corrected chi connectivity index (χ1v) is 10.0. The van der Waals surface area contributed by atoms with E-state index in [1.165, 1.54) is 0 Å². The number of nitrogens with zero attached hydrogens (tertiary/aromatic N) is 4. The number of aromatic nitrogens is 2. The van der Waals surface area contributed by atoms with E-state index in [0.29, 0.717) is 23.7 Å². The Kier molecular flexibility index (Phi) is 7.19. The largest absolute Gasteiger partial charge is 0.497 e. The van der Waals surface area contributed by atoms with E-state index in [4.69, 9.17) is 9.72 Å². The number of carbonyl (C=O) groups excluding carboxylic acids is 1. The molecule has 0 aliphatic carbocycles. The topological polar surface area (TPSA) is 70.6 Å². The highest BCUT2D eigenvalue weighted by molar-refractivity contribution is 5.94. The molecule has 1 aromatic heterocycles. The number of amides is 1. The number of fused-ring (bicyclic) bond motifs is 1. The van der Waals surface area contributed by atoms with Crippen molar-refractivity contribution >= 4 is 22.6 Å². The average Bonchev–Trinajstić information content (AvgIpc) is 2.75. The van der Waals surface area contributed by atoms with Crippen molar-refractivity contribution in [2.24, 2.45) is 0 Å². The van der Waals surface area contributed by atoms with Gasteiger partial charge in [0.1, 0.15) is 11.6 Å². The van der Waals surface area contributed by atoms with Crippen LogP contribution in [0.5, 0.6) is 5.75 Å². The average molecular weight is 408 g/mol. The van der Waals surface area contributed by atoms with Crippen molar-refractivity contribution in [2.45, 2.75) is 13.0 Å². The van der Waals surface area contributed by atoms with Crippen LogP contribution in [0.4, 0.5) is 5.82 Å². The second-order valence-corrected chi connectivity index (χ2v) is 7.48. The Hall–Kier alpha value is -3.19. The monoisotopic (exact) mass is 407 g/mol. The number of anilines is 1. The molecule has 0 aliphatic rings. The molecule has 0 unspecified atom stereocenters. The Labute approximate surface area is 177 Å². The molecular formula is C23H29N5O2. The molecule has 3 aromatic rings. The second kappa shape index (κ2) is 10.0. The molecule has 0 saturated heterocycles. The quantitative estimate of drug-likeness (QED) is 0.549. The molecule has 7 heteroatoms. The van der Waals surface area contributed by atoms with Gasteiger partial charge in [-0.3, -0.25) is 4.79 Å². The van der Waals surface area contributed by atoms with E-state index in [9.17, 15) is 4.79 Å². The van der Waals surface area contributed by atoms with Gasteiger partial charge in [-0.05, 0) is 57.4 Å². The van der Waals surface area contributed by atoms with Gasteiger partial charge in [-0.15, -0.1) is 0 Å². The first-order valence-electron chi connectivity index (χ1n) is 10.0. The van der Waals surface area contributed by atoms with Crippen LogP contribution in [0.1, 0.15) is 22.6 Å². The van der Waals surface area contributed by atoms with E-state index in [-0.39, 0.29) is 5.91 Å². The second-order valence-electron chi connectivity index (χ2n) is 7.48. The lowest BCUT2D eigenvalue weighted by Crippen LogP contribution is -2.27.